The standard InChI is InChI=1S/C17H26N2O/c1-5-18-11-15-14-9-7-8-10-16(14)20-17(15)12-19(6-2)13(3)4/h7-10,13,18H,5-6,11-12H2,1-4H3. The lowest BCUT2D eigenvalue weighted by molar-refractivity contribution is 0.208. The van der Waals surface area contributed by atoms with Crippen LogP contribution in [-0.4, -0.2) is 24.0 Å². The van der Waals surface area contributed by atoms with Crippen molar-refractivity contribution in [1.29, 1.82) is 0 Å². The van der Waals surface area contributed by atoms with E-state index in [0.717, 1.165) is 37.5 Å². The highest BCUT2D eigenvalue weighted by Crippen LogP contribution is 2.27. The molecule has 110 valence electrons. The molecule has 1 aromatic carbocycles. The highest BCUT2D eigenvalue weighted by Gasteiger charge is 2.17. The third-order valence-electron chi connectivity index (χ3n) is 3.82. The molecule has 0 radical (unpaired) electrons. The second kappa shape index (κ2) is 6.91. The highest BCUT2D eigenvalue weighted by molar-refractivity contribution is 5.82. The van der Waals surface area contributed by atoms with Crippen molar-refractivity contribution in [3.8, 4) is 0 Å². The molecular formula is C17H26N2O. The van der Waals surface area contributed by atoms with Crippen LogP contribution in [0.5, 0.6) is 0 Å². The van der Waals surface area contributed by atoms with Crippen molar-refractivity contribution >= 4 is 11.0 Å². The zero-order chi connectivity index (χ0) is 14.5. The van der Waals surface area contributed by atoms with Gasteiger partial charge in [0, 0.05) is 23.5 Å². The fraction of sp³-hybridized carbons (Fsp3) is 0.529. The Bertz CT molecular complexity index is 545. The fourth-order valence-corrected chi connectivity index (χ4v) is 2.56. The van der Waals surface area contributed by atoms with Gasteiger partial charge in [-0.05, 0) is 33.0 Å². The zero-order valence-electron chi connectivity index (χ0n) is 13.1. The summed E-state index contributed by atoms with van der Waals surface area (Å²) in [5.41, 5.74) is 2.30. The van der Waals surface area contributed by atoms with Gasteiger partial charge in [0.05, 0.1) is 6.54 Å². The molecule has 2 aromatic rings. The van der Waals surface area contributed by atoms with E-state index in [-0.39, 0.29) is 0 Å². The van der Waals surface area contributed by atoms with Gasteiger partial charge in [-0.1, -0.05) is 32.0 Å². The van der Waals surface area contributed by atoms with Crippen molar-refractivity contribution in [2.75, 3.05) is 13.1 Å². The maximum atomic E-state index is 6.10. The number of hydrogen-bond acceptors (Lipinski definition) is 3. The topological polar surface area (TPSA) is 28.4 Å². The van der Waals surface area contributed by atoms with Crippen LogP contribution in [-0.2, 0) is 13.1 Å². The summed E-state index contributed by atoms with van der Waals surface area (Å²) >= 11 is 0. The molecule has 3 nitrogen and oxygen atoms in total. The molecule has 0 amide bonds. The van der Waals surface area contributed by atoms with Crippen molar-refractivity contribution in [3.05, 3.63) is 35.6 Å². The summed E-state index contributed by atoms with van der Waals surface area (Å²) in [7, 11) is 0. The summed E-state index contributed by atoms with van der Waals surface area (Å²) in [6.07, 6.45) is 0. The first kappa shape index (κ1) is 15.1. The molecule has 0 bridgehead atoms. The average Bonchev–Trinajstić information content (AvgIpc) is 2.79. The van der Waals surface area contributed by atoms with Gasteiger partial charge in [-0.15, -0.1) is 0 Å². The van der Waals surface area contributed by atoms with E-state index in [9.17, 15) is 0 Å². The summed E-state index contributed by atoms with van der Waals surface area (Å²) < 4.78 is 6.10. The molecule has 0 saturated heterocycles. The van der Waals surface area contributed by atoms with Crippen LogP contribution >= 0.6 is 0 Å². The van der Waals surface area contributed by atoms with Gasteiger partial charge in [0.1, 0.15) is 11.3 Å². The number of nitrogens with one attached hydrogen (secondary N) is 1. The number of rotatable bonds is 7. The fourth-order valence-electron chi connectivity index (χ4n) is 2.56. The van der Waals surface area contributed by atoms with Crippen LogP contribution in [0.25, 0.3) is 11.0 Å². The molecule has 0 aliphatic heterocycles. The number of furan rings is 1. The number of fused-ring (bicyclic) bond motifs is 1. The van der Waals surface area contributed by atoms with E-state index >= 15 is 0 Å². The second-order valence-electron chi connectivity index (χ2n) is 5.44. The van der Waals surface area contributed by atoms with E-state index in [2.05, 4.69) is 56.1 Å². The third kappa shape index (κ3) is 3.22. The Morgan fingerprint density at radius 2 is 1.95 bits per heavy atom. The van der Waals surface area contributed by atoms with Gasteiger partial charge in [-0.25, -0.2) is 0 Å². The lowest BCUT2D eigenvalue weighted by atomic mass is 10.1. The van der Waals surface area contributed by atoms with E-state index in [1.165, 1.54) is 10.9 Å². The minimum atomic E-state index is 0.528. The molecule has 0 saturated carbocycles. The van der Waals surface area contributed by atoms with Gasteiger partial charge in [0.2, 0.25) is 0 Å². The van der Waals surface area contributed by atoms with Gasteiger partial charge in [0.25, 0.3) is 0 Å². The quantitative estimate of drug-likeness (QED) is 0.833. The summed E-state index contributed by atoms with van der Waals surface area (Å²) in [6.45, 7) is 12.6. The van der Waals surface area contributed by atoms with Crippen LogP contribution in [0.3, 0.4) is 0 Å². The highest BCUT2D eigenvalue weighted by atomic mass is 16.3. The molecule has 0 unspecified atom stereocenters. The minimum absolute atomic E-state index is 0.528. The van der Waals surface area contributed by atoms with Gasteiger partial charge in [-0.3, -0.25) is 4.90 Å². The monoisotopic (exact) mass is 274 g/mol. The van der Waals surface area contributed by atoms with Crippen LogP contribution in [0.1, 0.15) is 39.0 Å². The predicted molar refractivity (Wildman–Crippen MR) is 84.8 cm³/mol. The number of nitrogens with zero attached hydrogens (tertiary/aromatic N) is 1. The predicted octanol–water partition coefficient (Wildman–Crippen LogP) is 3.77. The molecule has 1 aromatic heterocycles. The van der Waals surface area contributed by atoms with Gasteiger partial charge < -0.3 is 9.73 Å². The molecule has 0 aliphatic rings. The normalized spacial score (nSPS) is 11.9. The third-order valence-corrected chi connectivity index (χ3v) is 3.82. The Labute approximate surface area is 122 Å². The average molecular weight is 274 g/mol. The van der Waals surface area contributed by atoms with E-state index in [1.807, 2.05) is 6.07 Å². The maximum Gasteiger partial charge on any atom is 0.134 e. The molecule has 20 heavy (non-hydrogen) atoms. The van der Waals surface area contributed by atoms with E-state index < -0.39 is 0 Å². The van der Waals surface area contributed by atoms with Gasteiger partial charge >= 0.3 is 0 Å². The molecule has 3 heteroatoms. The zero-order valence-corrected chi connectivity index (χ0v) is 13.1. The van der Waals surface area contributed by atoms with Crippen molar-refractivity contribution in [2.45, 2.75) is 46.8 Å². The van der Waals surface area contributed by atoms with Crippen LogP contribution in [0.4, 0.5) is 0 Å². The van der Waals surface area contributed by atoms with Crippen molar-refractivity contribution in [3.63, 3.8) is 0 Å². The summed E-state index contributed by atoms with van der Waals surface area (Å²) in [5.74, 6) is 1.10. The largest absolute Gasteiger partial charge is 0.459 e. The van der Waals surface area contributed by atoms with Crippen molar-refractivity contribution < 1.29 is 4.42 Å². The Balaban J connectivity index is 2.35. The summed E-state index contributed by atoms with van der Waals surface area (Å²) in [4.78, 5) is 2.42. The van der Waals surface area contributed by atoms with Gasteiger partial charge in [-0.2, -0.15) is 0 Å². The van der Waals surface area contributed by atoms with Crippen LogP contribution in [0.2, 0.25) is 0 Å². The maximum absolute atomic E-state index is 6.10. The van der Waals surface area contributed by atoms with Crippen LogP contribution in [0.15, 0.2) is 28.7 Å². The molecule has 1 heterocycles. The molecule has 0 aliphatic carbocycles. The molecule has 1 N–H and O–H groups in total. The SMILES string of the molecule is CCNCc1c(CN(CC)C(C)C)oc2ccccc12. The number of benzene rings is 1. The van der Waals surface area contributed by atoms with Gasteiger partial charge in [0.15, 0.2) is 0 Å². The second-order valence-corrected chi connectivity index (χ2v) is 5.44. The van der Waals surface area contributed by atoms with Crippen molar-refractivity contribution in [2.24, 2.45) is 0 Å². The van der Waals surface area contributed by atoms with E-state index in [1.54, 1.807) is 0 Å². The smallest absolute Gasteiger partial charge is 0.134 e. The molecule has 0 fully saturated rings. The first-order chi connectivity index (χ1) is 9.67. The first-order valence-corrected chi connectivity index (χ1v) is 7.61. The molecule has 0 atom stereocenters. The molecule has 2 rings (SSSR count). The van der Waals surface area contributed by atoms with E-state index in [4.69, 9.17) is 4.42 Å². The Hall–Kier alpha value is -1.32. The van der Waals surface area contributed by atoms with E-state index in [0.29, 0.717) is 6.04 Å². The molecular weight excluding hydrogens is 248 g/mol. The summed E-state index contributed by atoms with van der Waals surface area (Å²) in [5, 5.41) is 4.66. The Morgan fingerprint density at radius 1 is 1.20 bits per heavy atom. The lowest BCUT2D eigenvalue weighted by Gasteiger charge is -2.24. The molecule has 0 spiro atoms. The number of hydrogen-bond donors (Lipinski definition) is 1. The van der Waals surface area contributed by atoms with Crippen molar-refractivity contribution in [1.82, 2.24) is 10.2 Å². The van der Waals surface area contributed by atoms with Crippen LogP contribution < -0.4 is 5.32 Å². The Morgan fingerprint density at radius 3 is 2.60 bits per heavy atom. The summed E-state index contributed by atoms with van der Waals surface area (Å²) in [6, 6.07) is 8.85. The first-order valence-electron chi connectivity index (χ1n) is 7.61. The minimum Gasteiger partial charge on any atom is -0.459 e. The van der Waals surface area contributed by atoms with Crippen LogP contribution in [0, 0.1) is 0 Å². The lowest BCUT2D eigenvalue weighted by Crippen LogP contribution is -2.30. The number of para-hydroxylation sites is 1. The Kier molecular flexibility index (Phi) is 5.21.